The monoisotopic (exact) mass is 227 g/mol. The fourth-order valence-corrected chi connectivity index (χ4v) is 1.98. The van der Waals surface area contributed by atoms with Crippen molar-refractivity contribution in [1.29, 1.82) is 0 Å². The van der Waals surface area contributed by atoms with Gasteiger partial charge in [0.1, 0.15) is 0 Å². The van der Waals surface area contributed by atoms with Crippen LogP contribution in [-0.4, -0.2) is 39.5 Å². The van der Waals surface area contributed by atoms with Gasteiger partial charge in [0.05, 0.1) is 6.61 Å². The zero-order valence-corrected chi connectivity index (χ0v) is 9.87. The third-order valence-electron chi connectivity index (χ3n) is 1.75. The number of hydrogen-bond acceptors (Lipinski definition) is 5. The third kappa shape index (κ3) is 5.11. The molecular weight excluding hydrogens is 210 g/mol. The van der Waals surface area contributed by atoms with Gasteiger partial charge in [-0.2, -0.15) is 0 Å². The number of aliphatic hydroxyl groups is 1. The Morgan fingerprint density at radius 3 is 2.60 bits per heavy atom. The molecule has 15 heavy (non-hydrogen) atoms. The summed E-state index contributed by atoms with van der Waals surface area (Å²) in [5.74, 6) is 0.776. The number of hydrogen-bond donors (Lipinski definition) is 2. The van der Waals surface area contributed by atoms with Crippen LogP contribution in [-0.2, 0) is 0 Å². The molecule has 1 aromatic rings. The molecule has 0 aliphatic carbocycles. The van der Waals surface area contributed by atoms with Gasteiger partial charge < -0.3 is 10.4 Å². The maximum Gasteiger partial charge on any atom is 0.187 e. The zero-order valence-electron chi connectivity index (χ0n) is 9.05. The molecule has 0 amide bonds. The van der Waals surface area contributed by atoms with Crippen molar-refractivity contribution < 1.29 is 5.11 Å². The van der Waals surface area contributed by atoms with Crippen molar-refractivity contribution in [2.24, 2.45) is 0 Å². The van der Waals surface area contributed by atoms with Crippen LogP contribution < -0.4 is 5.32 Å². The van der Waals surface area contributed by atoms with Crippen molar-refractivity contribution in [2.75, 3.05) is 12.4 Å². The standard InChI is InChI=1S/C10H17N3OS/c1-8(2)13-9(6-14)7-15-10-11-4-3-5-12-10/h3-5,8-9,13-14H,6-7H2,1-2H3. The van der Waals surface area contributed by atoms with Gasteiger partial charge in [-0.1, -0.05) is 25.6 Å². The molecule has 2 N–H and O–H groups in total. The van der Waals surface area contributed by atoms with Crippen molar-refractivity contribution in [3.8, 4) is 0 Å². The van der Waals surface area contributed by atoms with E-state index in [0.29, 0.717) is 6.04 Å². The first-order valence-corrected chi connectivity index (χ1v) is 5.97. The molecule has 0 aliphatic rings. The fraction of sp³-hybridized carbons (Fsp3) is 0.600. The smallest absolute Gasteiger partial charge is 0.187 e. The van der Waals surface area contributed by atoms with Crippen molar-refractivity contribution >= 4 is 11.8 Å². The number of thioether (sulfide) groups is 1. The lowest BCUT2D eigenvalue weighted by Gasteiger charge is -2.17. The highest BCUT2D eigenvalue weighted by Gasteiger charge is 2.09. The Morgan fingerprint density at radius 1 is 1.40 bits per heavy atom. The molecule has 0 saturated carbocycles. The first-order valence-electron chi connectivity index (χ1n) is 4.99. The number of aromatic nitrogens is 2. The molecule has 0 fully saturated rings. The number of aliphatic hydroxyl groups excluding tert-OH is 1. The first kappa shape index (κ1) is 12.4. The molecule has 1 atom stereocenters. The molecule has 0 bridgehead atoms. The lowest BCUT2D eigenvalue weighted by Crippen LogP contribution is -2.39. The van der Waals surface area contributed by atoms with E-state index in [4.69, 9.17) is 5.11 Å². The lowest BCUT2D eigenvalue weighted by atomic mass is 10.3. The molecule has 0 aliphatic heterocycles. The number of rotatable bonds is 6. The van der Waals surface area contributed by atoms with E-state index in [-0.39, 0.29) is 12.6 Å². The molecule has 0 radical (unpaired) electrons. The van der Waals surface area contributed by atoms with Gasteiger partial charge in [0, 0.05) is 30.2 Å². The highest BCUT2D eigenvalue weighted by Crippen LogP contribution is 2.12. The Balaban J connectivity index is 2.34. The maximum atomic E-state index is 9.14. The highest BCUT2D eigenvalue weighted by molar-refractivity contribution is 7.99. The van der Waals surface area contributed by atoms with E-state index in [1.807, 2.05) is 0 Å². The lowest BCUT2D eigenvalue weighted by molar-refractivity contribution is 0.247. The van der Waals surface area contributed by atoms with Gasteiger partial charge in [-0.3, -0.25) is 0 Å². The summed E-state index contributed by atoms with van der Waals surface area (Å²) >= 11 is 1.55. The van der Waals surface area contributed by atoms with Crippen LogP contribution in [0.5, 0.6) is 0 Å². The maximum absolute atomic E-state index is 9.14. The van der Waals surface area contributed by atoms with E-state index in [1.54, 1.807) is 30.2 Å². The van der Waals surface area contributed by atoms with Gasteiger partial charge in [0.15, 0.2) is 5.16 Å². The van der Waals surface area contributed by atoms with Gasteiger partial charge in [0.25, 0.3) is 0 Å². The summed E-state index contributed by atoms with van der Waals surface area (Å²) in [5.41, 5.74) is 0. The second kappa shape index (κ2) is 6.76. The summed E-state index contributed by atoms with van der Waals surface area (Å²) < 4.78 is 0. The minimum absolute atomic E-state index is 0.0961. The summed E-state index contributed by atoms with van der Waals surface area (Å²) in [4.78, 5) is 8.21. The average molecular weight is 227 g/mol. The average Bonchev–Trinajstić information content (AvgIpc) is 2.25. The molecule has 5 heteroatoms. The Bertz CT molecular complexity index is 269. The van der Waals surface area contributed by atoms with E-state index in [2.05, 4.69) is 29.1 Å². The molecule has 1 heterocycles. The molecule has 84 valence electrons. The van der Waals surface area contributed by atoms with Crippen molar-refractivity contribution in [2.45, 2.75) is 31.1 Å². The quantitative estimate of drug-likeness (QED) is 0.559. The third-order valence-corrected chi connectivity index (χ3v) is 2.78. The van der Waals surface area contributed by atoms with Gasteiger partial charge in [-0.25, -0.2) is 9.97 Å². The molecular formula is C10H17N3OS. The van der Waals surface area contributed by atoms with Crippen molar-refractivity contribution in [1.82, 2.24) is 15.3 Å². The molecule has 1 aromatic heterocycles. The molecule has 1 rings (SSSR count). The zero-order chi connectivity index (χ0) is 11.1. The molecule has 1 unspecified atom stereocenters. The van der Waals surface area contributed by atoms with Crippen LogP contribution in [0.1, 0.15) is 13.8 Å². The van der Waals surface area contributed by atoms with Crippen molar-refractivity contribution in [3.63, 3.8) is 0 Å². The minimum Gasteiger partial charge on any atom is -0.395 e. The predicted octanol–water partition coefficient (Wildman–Crippen LogP) is 0.928. The van der Waals surface area contributed by atoms with Crippen LogP contribution in [0.3, 0.4) is 0 Å². The molecule has 4 nitrogen and oxygen atoms in total. The minimum atomic E-state index is 0.0961. The second-order valence-electron chi connectivity index (χ2n) is 3.54. The Labute approximate surface area is 94.5 Å². The Hall–Kier alpha value is -0.650. The van der Waals surface area contributed by atoms with E-state index in [1.165, 1.54) is 0 Å². The highest BCUT2D eigenvalue weighted by atomic mass is 32.2. The fourth-order valence-electron chi connectivity index (χ4n) is 1.16. The molecule has 0 saturated heterocycles. The topological polar surface area (TPSA) is 58.0 Å². The summed E-state index contributed by atoms with van der Waals surface area (Å²) in [6, 6.07) is 2.26. The van der Waals surface area contributed by atoms with Crippen LogP contribution >= 0.6 is 11.8 Å². The van der Waals surface area contributed by atoms with Gasteiger partial charge >= 0.3 is 0 Å². The van der Waals surface area contributed by atoms with Gasteiger partial charge in [0.2, 0.25) is 0 Å². The van der Waals surface area contributed by atoms with Crippen LogP contribution in [0.2, 0.25) is 0 Å². The first-order chi connectivity index (χ1) is 7.22. The SMILES string of the molecule is CC(C)NC(CO)CSc1ncccn1. The molecule has 0 spiro atoms. The van der Waals surface area contributed by atoms with Gasteiger partial charge in [-0.15, -0.1) is 0 Å². The second-order valence-corrected chi connectivity index (χ2v) is 4.53. The number of nitrogens with zero attached hydrogens (tertiary/aromatic N) is 2. The van der Waals surface area contributed by atoms with Crippen LogP contribution in [0.15, 0.2) is 23.6 Å². The van der Waals surface area contributed by atoms with Gasteiger partial charge in [-0.05, 0) is 6.07 Å². The van der Waals surface area contributed by atoms with E-state index < -0.39 is 0 Å². The van der Waals surface area contributed by atoms with Crippen molar-refractivity contribution in [3.05, 3.63) is 18.5 Å². The summed E-state index contributed by atoms with van der Waals surface area (Å²) in [5, 5.41) is 13.2. The number of nitrogens with one attached hydrogen (secondary N) is 1. The Kier molecular flexibility index (Phi) is 5.60. The largest absolute Gasteiger partial charge is 0.395 e. The van der Waals surface area contributed by atoms with Crippen LogP contribution in [0, 0.1) is 0 Å². The van der Waals surface area contributed by atoms with Crippen LogP contribution in [0.4, 0.5) is 0 Å². The normalized spacial score (nSPS) is 13.1. The van der Waals surface area contributed by atoms with E-state index in [9.17, 15) is 0 Å². The van der Waals surface area contributed by atoms with E-state index in [0.717, 1.165) is 10.9 Å². The molecule has 0 aromatic carbocycles. The van der Waals surface area contributed by atoms with Crippen LogP contribution in [0.25, 0.3) is 0 Å². The summed E-state index contributed by atoms with van der Waals surface area (Å²) in [6.07, 6.45) is 3.44. The summed E-state index contributed by atoms with van der Waals surface area (Å²) in [7, 11) is 0. The predicted molar refractivity (Wildman–Crippen MR) is 61.9 cm³/mol. The van der Waals surface area contributed by atoms with E-state index >= 15 is 0 Å². The Morgan fingerprint density at radius 2 is 2.07 bits per heavy atom. The summed E-state index contributed by atoms with van der Waals surface area (Å²) in [6.45, 7) is 4.26.